The van der Waals surface area contributed by atoms with E-state index in [-0.39, 0.29) is 5.41 Å². The molecular weight excluding hydrogens is 833 g/mol. The summed E-state index contributed by atoms with van der Waals surface area (Å²) < 4.78 is 2.41. The summed E-state index contributed by atoms with van der Waals surface area (Å²) in [4.78, 5) is 2.62. The van der Waals surface area contributed by atoms with Crippen LogP contribution in [0.3, 0.4) is 0 Å². The SMILES string of the molecule is c1ccc(-c2cccc3cccc(-c4ccccc4N(c4ccc5c(c4)C4(c6ccccc6-5)C5CC6CC7CC4C675)c4ccccc4-c4ccc5c(c4)c4ccccc4n5-c4ccccc4)c23)cc1. The summed E-state index contributed by atoms with van der Waals surface area (Å²) in [5.74, 6) is 3.39. The van der Waals surface area contributed by atoms with Gasteiger partial charge in [-0.25, -0.2) is 0 Å². The van der Waals surface area contributed by atoms with E-state index in [0.29, 0.717) is 5.41 Å². The van der Waals surface area contributed by atoms with Crippen LogP contribution in [-0.2, 0) is 5.41 Å². The first-order valence-electron chi connectivity index (χ1n) is 25.1. The van der Waals surface area contributed by atoms with Crippen molar-refractivity contribution >= 4 is 49.6 Å². The number of benzene rings is 10. The van der Waals surface area contributed by atoms with Crippen LogP contribution in [0.4, 0.5) is 17.1 Å². The average molecular weight is 881 g/mol. The van der Waals surface area contributed by atoms with Crippen LogP contribution in [0.25, 0.3) is 82.8 Å². The Bertz CT molecular complexity index is 3910. The van der Waals surface area contributed by atoms with Crippen molar-refractivity contribution in [3.05, 3.63) is 242 Å². The smallest absolute Gasteiger partial charge is 0.0541 e. The number of rotatable bonds is 7. The Balaban J connectivity index is 0.943. The average Bonchev–Trinajstić information content (AvgIpc) is 3.88. The summed E-state index contributed by atoms with van der Waals surface area (Å²) in [5.41, 5.74) is 21.2. The number of nitrogens with zero attached hydrogens (tertiary/aromatic N) is 2. The van der Waals surface area contributed by atoms with Crippen molar-refractivity contribution in [2.24, 2.45) is 29.1 Å². The van der Waals surface area contributed by atoms with Crippen LogP contribution >= 0.6 is 0 Å². The molecule has 0 radical (unpaired) electrons. The van der Waals surface area contributed by atoms with Crippen molar-refractivity contribution in [3.63, 3.8) is 0 Å². The molecule has 16 rings (SSSR count). The van der Waals surface area contributed by atoms with Crippen molar-refractivity contribution in [1.82, 2.24) is 4.57 Å². The van der Waals surface area contributed by atoms with Crippen LogP contribution in [0, 0.1) is 29.1 Å². The maximum absolute atomic E-state index is 2.66. The van der Waals surface area contributed by atoms with E-state index in [1.165, 1.54) is 119 Å². The zero-order valence-electron chi connectivity index (χ0n) is 38.3. The Kier molecular flexibility index (Phi) is 7.63. The fourth-order valence-electron chi connectivity index (χ4n) is 15.7. The third kappa shape index (κ3) is 4.77. The standard InChI is InChI=1S/C67H48N2/c1-3-17-42(18-4-1)50-27-15-19-43-20-16-28-55(65(43)50)53-25-9-13-31-60(53)69(48-34-35-52-51-24-7-11-29-57(51)67(58(52)41-48)63-39-45-38-46-40-64(67)66(45,46)63)59-30-12-8-23-49(59)44-33-36-62-56(37-44)54-26-10-14-32-61(54)68(62)47-21-5-2-6-22-47/h1-37,41,45-46,63-64H,38-40H2. The van der Waals surface area contributed by atoms with Crippen LogP contribution in [0.2, 0.25) is 0 Å². The van der Waals surface area contributed by atoms with Gasteiger partial charge in [-0.1, -0.05) is 176 Å². The largest absolute Gasteiger partial charge is 0.309 e. The molecule has 4 saturated carbocycles. The highest BCUT2D eigenvalue weighted by Gasteiger charge is 2.90. The second-order valence-corrected chi connectivity index (χ2v) is 20.7. The van der Waals surface area contributed by atoms with E-state index in [1.54, 1.807) is 11.1 Å². The topological polar surface area (TPSA) is 8.17 Å². The Hall–Kier alpha value is -7.94. The highest BCUT2D eigenvalue weighted by molar-refractivity contribution is 6.12. The first kappa shape index (κ1) is 38.1. The second kappa shape index (κ2) is 13.8. The van der Waals surface area contributed by atoms with Gasteiger partial charge in [0.25, 0.3) is 0 Å². The van der Waals surface area contributed by atoms with Crippen molar-refractivity contribution in [2.75, 3.05) is 4.90 Å². The number of hydrogen-bond donors (Lipinski definition) is 0. The van der Waals surface area contributed by atoms with E-state index >= 15 is 0 Å². The van der Waals surface area contributed by atoms with Crippen molar-refractivity contribution in [2.45, 2.75) is 24.7 Å². The predicted molar refractivity (Wildman–Crippen MR) is 286 cm³/mol. The fourth-order valence-corrected chi connectivity index (χ4v) is 15.7. The van der Waals surface area contributed by atoms with Gasteiger partial charge in [0.15, 0.2) is 0 Å². The lowest BCUT2D eigenvalue weighted by Gasteiger charge is -2.92. The molecule has 10 aromatic carbocycles. The Morgan fingerprint density at radius 3 is 1.78 bits per heavy atom. The van der Waals surface area contributed by atoms with E-state index < -0.39 is 0 Å². The Morgan fingerprint density at radius 2 is 1.00 bits per heavy atom. The van der Waals surface area contributed by atoms with E-state index in [4.69, 9.17) is 0 Å². The van der Waals surface area contributed by atoms with Crippen LogP contribution in [0.5, 0.6) is 0 Å². The molecule has 0 amide bonds. The molecule has 0 bridgehead atoms. The van der Waals surface area contributed by atoms with Crippen molar-refractivity contribution in [3.8, 4) is 50.2 Å². The van der Waals surface area contributed by atoms with Gasteiger partial charge >= 0.3 is 0 Å². The van der Waals surface area contributed by atoms with Gasteiger partial charge in [0.05, 0.1) is 22.4 Å². The Morgan fingerprint density at radius 1 is 0.391 bits per heavy atom. The maximum atomic E-state index is 2.66. The molecule has 1 aromatic heterocycles. The predicted octanol–water partition coefficient (Wildman–Crippen LogP) is 17.4. The quantitative estimate of drug-likeness (QED) is 0.155. The molecule has 5 aliphatic carbocycles. The van der Waals surface area contributed by atoms with E-state index in [0.717, 1.165) is 23.7 Å². The zero-order chi connectivity index (χ0) is 45.0. The lowest BCUT2D eigenvalue weighted by atomic mass is 9.11. The molecule has 326 valence electrons. The molecule has 69 heavy (non-hydrogen) atoms. The van der Waals surface area contributed by atoms with Gasteiger partial charge in [-0.05, 0) is 158 Å². The van der Waals surface area contributed by atoms with Crippen molar-refractivity contribution in [1.29, 1.82) is 0 Å². The summed E-state index contributed by atoms with van der Waals surface area (Å²) in [7, 11) is 0. The van der Waals surface area contributed by atoms with Gasteiger partial charge < -0.3 is 9.47 Å². The first-order valence-corrected chi connectivity index (χ1v) is 25.1. The van der Waals surface area contributed by atoms with Crippen LogP contribution in [0.1, 0.15) is 30.4 Å². The molecule has 4 fully saturated rings. The minimum Gasteiger partial charge on any atom is -0.309 e. The number of anilines is 3. The summed E-state index contributed by atoms with van der Waals surface area (Å²) >= 11 is 0. The molecule has 1 heterocycles. The summed E-state index contributed by atoms with van der Waals surface area (Å²) in [5, 5.41) is 5.02. The number of hydrogen-bond acceptors (Lipinski definition) is 1. The number of fused-ring (bicyclic) bond motifs is 11. The lowest BCUT2D eigenvalue weighted by molar-refractivity contribution is -0.412. The maximum Gasteiger partial charge on any atom is 0.0541 e. The zero-order valence-corrected chi connectivity index (χ0v) is 38.3. The number of para-hydroxylation sites is 4. The molecule has 0 saturated heterocycles. The lowest BCUT2D eigenvalue weighted by Crippen LogP contribution is -2.88. The summed E-state index contributed by atoms with van der Waals surface area (Å²) in [6, 6.07) is 86.7. The van der Waals surface area contributed by atoms with Gasteiger partial charge in [0.1, 0.15) is 0 Å². The van der Waals surface area contributed by atoms with Gasteiger partial charge in [0.2, 0.25) is 0 Å². The highest BCUT2D eigenvalue weighted by atomic mass is 15.1. The molecule has 2 spiro atoms. The molecule has 0 aliphatic heterocycles. The van der Waals surface area contributed by atoms with Crippen LogP contribution in [0.15, 0.2) is 231 Å². The summed E-state index contributed by atoms with van der Waals surface area (Å²) in [6.07, 6.45) is 4.24. The second-order valence-electron chi connectivity index (χ2n) is 20.7. The molecule has 11 aromatic rings. The fraction of sp³-hybridized carbons (Fsp3) is 0.134. The monoisotopic (exact) mass is 880 g/mol. The molecule has 4 unspecified atom stereocenters. The van der Waals surface area contributed by atoms with Gasteiger partial charge in [-0.2, -0.15) is 0 Å². The third-order valence-corrected chi connectivity index (χ3v) is 18.3. The molecular formula is C67H48N2. The highest BCUT2D eigenvalue weighted by Crippen LogP contribution is 2.95. The van der Waals surface area contributed by atoms with Gasteiger partial charge in [0, 0.05) is 38.7 Å². The molecule has 2 heteroatoms. The van der Waals surface area contributed by atoms with Crippen LogP contribution < -0.4 is 4.90 Å². The third-order valence-electron chi connectivity index (χ3n) is 18.3. The van der Waals surface area contributed by atoms with E-state index in [9.17, 15) is 0 Å². The molecule has 2 nitrogen and oxygen atoms in total. The number of aromatic nitrogens is 1. The van der Waals surface area contributed by atoms with E-state index in [2.05, 4.69) is 240 Å². The molecule has 4 atom stereocenters. The van der Waals surface area contributed by atoms with E-state index in [1.807, 2.05) is 0 Å². The normalized spacial score (nSPS) is 23.0. The Labute approximate surface area is 402 Å². The van der Waals surface area contributed by atoms with Gasteiger partial charge in [-0.15, -0.1) is 0 Å². The van der Waals surface area contributed by atoms with Crippen LogP contribution in [-0.4, -0.2) is 4.57 Å². The van der Waals surface area contributed by atoms with Gasteiger partial charge in [-0.3, -0.25) is 0 Å². The first-order chi connectivity index (χ1) is 34.2. The molecule has 0 N–H and O–H groups in total. The summed E-state index contributed by atoms with van der Waals surface area (Å²) in [6.45, 7) is 0. The molecule has 5 aliphatic rings. The minimum absolute atomic E-state index is 0.0955. The van der Waals surface area contributed by atoms with Crippen molar-refractivity contribution < 1.29 is 0 Å². The minimum atomic E-state index is 0.0955.